The van der Waals surface area contributed by atoms with Gasteiger partial charge in [-0.3, -0.25) is 9.59 Å². The standard InChI is InChI=1S/C21H22FNO3/c1-14(16-8-5-9-17(22)11-16)10-20(24)23-12-18(19(13-23)21(25)26)15-6-3-2-4-7-15/h2-9,11,14,18-19H,10,12-13H2,1H3,(H,25,26)/t14?,18-,19-/m0/s1. The van der Waals surface area contributed by atoms with Crippen LogP contribution < -0.4 is 0 Å². The normalized spacial score (nSPS) is 20.8. The highest BCUT2D eigenvalue weighted by Crippen LogP contribution is 2.34. The lowest BCUT2D eigenvalue weighted by atomic mass is 9.89. The van der Waals surface area contributed by atoms with Crippen LogP contribution in [0.4, 0.5) is 4.39 Å². The van der Waals surface area contributed by atoms with E-state index in [1.54, 1.807) is 17.0 Å². The van der Waals surface area contributed by atoms with Crippen LogP contribution in [0.2, 0.25) is 0 Å². The number of likely N-dealkylation sites (tertiary alicyclic amines) is 1. The number of amides is 1. The fourth-order valence-electron chi connectivity index (χ4n) is 3.62. The lowest BCUT2D eigenvalue weighted by Crippen LogP contribution is -2.30. The van der Waals surface area contributed by atoms with E-state index in [0.717, 1.165) is 11.1 Å². The predicted molar refractivity (Wildman–Crippen MR) is 96.3 cm³/mol. The van der Waals surface area contributed by atoms with Crippen LogP contribution in [0.1, 0.15) is 36.3 Å². The smallest absolute Gasteiger partial charge is 0.308 e. The highest BCUT2D eigenvalue weighted by molar-refractivity contribution is 5.80. The Morgan fingerprint density at radius 1 is 1.15 bits per heavy atom. The van der Waals surface area contributed by atoms with Crippen molar-refractivity contribution < 1.29 is 19.1 Å². The summed E-state index contributed by atoms with van der Waals surface area (Å²) in [6.07, 6.45) is 0.233. The maximum atomic E-state index is 13.4. The molecule has 1 fully saturated rings. The number of benzene rings is 2. The fraction of sp³-hybridized carbons (Fsp3) is 0.333. The molecule has 1 unspecified atom stereocenters. The summed E-state index contributed by atoms with van der Waals surface area (Å²) in [6, 6.07) is 15.7. The van der Waals surface area contributed by atoms with E-state index in [0.29, 0.717) is 6.54 Å². The Bertz CT molecular complexity index is 793. The van der Waals surface area contributed by atoms with Crippen molar-refractivity contribution in [3.8, 4) is 0 Å². The zero-order valence-corrected chi connectivity index (χ0v) is 14.6. The summed E-state index contributed by atoms with van der Waals surface area (Å²) in [5.74, 6) is -2.23. The molecule has 5 heteroatoms. The molecule has 1 N–H and O–H groups in total. The van der Waals surface area contributed by atoms with Crippen molar-refractivity contribution in [2.24, 2.45) is 5.92 Å². The SMILES string of the molecule is CC(CC(=O)N1C[C@H](C(=O)O)[C@H](c2ccccc2)C1)c1cccc(F)c1. The van der Waals surface area contributed by atoms with Gasteiger partial charge in [0.2, 0.25) is 5.91 Å². The van der Waals surface area contributed by atoms with Crippen LogP contribution >= 0.6 is 0 Å². The van der Waals surface area contributed by atoms with Crippen LogP contribution in [0.5, 0.6) is 0 Å². The van der Waals surface area contributed by atoms with E-state index < -0.39 is 11.9 Å². The molecule has 1 heterocycles. The number of carbonyl (C=O) groups excluding carboxylic acids is 1. The number of carboxylic acids is 1. The molecule has 26 heavy (non-hydrogen) atoms. The van der Waals surface area contributed by atoms with Gasteiger partial charge in [-0.1, -0.05) is 49.4 Å². The Hall–Kier alpha value is -2.69. The van der Waals surface area contributed by atoms with Crippen LogP contribution in [0, 0.1) is 11.7 Å². The zero-order valence-electron chi connectivity index (χ0n) is 14.6. The monoisotopic (exact) mass is 355 g/mol. The van der Waals surface area contributed by atoms with E-state index in [4.69, 9.17) is 0 Å². The van der Waals surface area contributed by atoms with Gasteiger partial charge in [0.05, 0.1) is 5.92 Å². The molecular formula is C21H22FNO3. The first-order valence-electron chi connectivity index (χ1n) is 8.76. The third-order valence-corrected chi connectivity index (χ3v) is 5.12. The van der Waals surface area contributed by atoms with Gasteiger partial charge in [0, 0.05) is 25.4 Å². The van der Waals surface area contributed by atoms with Gasteiger partial charge in [-0.25, -0.2) is 4.39 Å². The maximum absolute atomic E-state index is 13.4. The highest BCUT2D eigenvalue weighted by Gasteiger charge is 2.40. The van der Waals surface area contributed by atoms with E-state index in [-0.39, 0.29) is 36.5 Å². The molecule has 1 aliphatic heterocycles. The molecule has 1 amide bonds. The van der Waals surface area contributed by atoms with E-state index in [1.807, 2.05) is 37.3 Å². The third-order valence-electron chi connectivity index (χ3n) is 5.12. The molecule has 0 aliphatic carbocycles. The Kier molecular flexibility index (Phi) is 5.35. The second-order valence-corrected chi connectivity index (χ2v) is 6.92. The molecule has 2 aromatic rings. The molecule has 2 aromatic carbocycles. The number of hydrogen-bond acceptors (Lipinski definition) is 2. The zero-order chi connectivity index (χ0) is 18.7. The molecule has 3 atom stereocenters. The second kappa shape index (κ2) is 7.68. The van der Waals surface area contributed by atoms with Gasteiger partial charge in [-0.2, -0.15) is 0 Å². The molecule has 1 saturated heterocycles. The second-order valence-electron chi connectivity index (χ2n) is 6.92. The van der Waals surface area contributed by atoms with Gasteiger partial charge in [0.1, 0.15) is 5.82 Å². The van der Waals surface area contributed by atoms with Crippen molar-refractivity contribution >= 4 is 11.9 Å². The minimum atomic E-state index is -0.882. The first-order valence-corrected chi connectivity index (χ1v) is 8.76. The van der Waals surface area contributed by atoms with E-state index in [9.17, 15) is 19.1 Å². The molecule has 136 valence electrons. The summed E-state index contributed by atoms with van der Waals surface area (Å²) in [5, 5.41) is 9.56. The van der Waals surface area contributed by atoms with Crippen molar-refractivity contribution in [2.45, 2.75) is 25.2 Å². The van der Waals surface area contributed by atoms with E-state index >= 15 is 0 Å². The summed E-state index contributed by atoms with van der Waals surface area (Å²) in [6.45, 7) is 2.49. The quantitative estimate of drug-likeness (QED) is 0.891. The molecule has 0 radical (unpaired) electrons. The number of carboxylic acid groups (broad SMARTS) is 1. The Morgan fingerprint density at radius 2 is 1.88 bits per heavy atom. The number of halogens is 1. The summed E-state index contributed by atoms with van der Waals surface area (Å²) in [7, 11) is 0. The summed E-state index contributed by atoms with van der Waals surface area (Å²) >= 11 is 0. The first kappa shape index (κ1) is 18.1. The van der Waals surface area contributed by atoms with Gasteiger partial charge in [0.25, 0.3) is 0 Å². The van der Waals surface area contributed by atoms with Crippen LogP contribution in [0.3, 0.4) is 0 Å². The van der Waals surface area contributed by atoms with Crippen molar-refractivity contribution in [2.75, 3.05) is 13.1 Å². The molecule has 1 aliphatic rings. The lowest BCUT2D eigenvalue weighted by Gasteiger charge is -2.19. The van der Waals surface area contributed by atoms with E-state index in [1.165, 1.54) is 12.1 Å². The van der Waals surface area contributed by atoms with Gasteiger partial charge < -0.3 is 10.0 Å². The maximum Gasteiger partial charge on any atom is 0.308 e. The molecule has 0 bridgehead atoms. The molecule has 0 spiro atoms. The van der Waals surface area contributed by atoms with Gasteiger partial charge in [-0.15, -0.1) is 0 Å². The average Bonchev–Trinajstić information content (AvgIpc) is 3.08. The van der Waals surface area contributed by atoms with Crippen LogP contribution in [-0.4, -0.2) is 35.0 Å². The highest BCUT2D eigenvalue weighted by atomic mass is 19.1. The predicted octanol–water partition coefficient (Wildman–Crippen LogP) is 3.65. The minimum absolute atomic E-state index is 0.0913. The Balaban J connectivity index is 1.71. The van der Waals surface area contributed by atoms with Crippen molar-refractivity contribution in [1.82, 2.24) is 4.90 Å². The molecule has 4 nitrogen and oxygen atoms in total. The molecule has 3 rings (SSSR count). The van der Waals surface area contributed by atoms with Crippen molar-refractivity contribution in [3.63, 3.8) is 0 Å². The fourth-order valence-corrected chi connectivity index (χ4v) is 3.62. The lowest BCUT2D eigenvalue weighted by molar-refractivity contribution is -0.141. The number of rotatable bonds is 5. The van der Waals surface area contributed by atoms with Crippen molar-refractivity contribution in [3.05, 3.63) is 71.5 Å². The summed E-state index contributed by atoms with van der Waals surface area (Å²) < 4.78 is 13.4. The third kappa shape index (κ3) is 3.93. The van der Waals surface area contributed by atoms with Crippen molar-refractivity contribution in [1.29, 1.82) is 0 Å². The number of hydrogen-bond donors (Lipinski definition) is 1. The van der Waals surface area contributed by atoms with Gasteiger partial charge >= 0.3 is 5.97 Å². The first-order chi connectivity index (χ1) is 12.5. The van der Waals surface area contributed by atoms with Crippen LogP contribution in [-0.2, 0) is 9.59 Å². The van der Waals surface area contributed by atoms with Crippen LogP contribution in [0.15, 0.2) is 54.6 Å². The van der Waals surface area contributed by atoms with Gasteiger partial charge in [-0.05, 0) is 29.2 Å². The Labute approximate surface area is 152 Å². The number of carbonyl (C=O) groups is 2. The molecule has 0 saturated carbocycles. The van der Waals surface area contributed by atoms with Gasteiger partial charge in [0.15, 0.2) is 0 Å². The largest absolute Gasteiger partial charge is 0.481 e. The summed E-state index contributed by atoms with van der Waals surface area (Å²) in [5.41, 5.74) is 1.71. The van der Waals surface area contributed by atoms with E-state index in [2.05, 4.69) is 0 Å². The number of nitrogens with zero attached hydrogens (tertiary/aromatic N) is 1. The average molecular weight is 355 g/mol. The topological polar surface area (TPSA) is 57.6 Å². The molecule has 0 aromatic heterocycles. The minimum Gasteiger partial charge on any atom is -0.481 e. The number of aliphatic carboxylic acids is 1. The Morgan fingerprint density at radius 3 is 2.54 bits per heavy atom. The summed E-state index contributed by atoms with van der Waals surface area (Å²) in [4.78, 5) is 26.0. The van der Waals surface area contributed by atoms with Crippen LogP contribution in [0.25, 0.3) is 0 Å². The molecular weight excluding hydrogens is 333 g/mol.